The number of hydrogen-bond acceptors (Lipinski definition) is 5. The molecule has 0 aliphatic carbocycles. The van der Waals surface area contributed by atoms with Gasteiger partial charge in [0.1, 0.15) is 11.9 Å². The van der Waals surface area contributed by atoms with Crippen molar-refractivity contribution < 1.29 is 13.9 Å². The molecule has 0 aliphatic heterocycles. The van der Waals surface area contributed by atoms with Gasteiger partial charge in [-0.25, -0.2) is 4.39 Å². The monoisotopic (exact) mass is 310 g/mol. The van der Waals surface area contributed by atoms with Crippen molar-refractivity contribution in [2.45, 2.75) is 13.0 Å². The zero-order valence-electron chi connectivity index (χ0n) is 13.5. The first-order valence-corrected chi connectivity index (χ1v) is 6.84. The average molecular weight is 310 g/mol. The number of nitrogens with zero attached hydrogens (tertiary/aromatic N) is 1. The van der Waals surface area contributed by atoms with Gasteiger partial charge in [-0.1, -0.05) is 0 Å². The summed E-state index contributed by atoms with van der Waals surface area (Å²) in [6.45, 7) is 1.72. The van der Waals surface area contributed by atoms with E-state index in [0.717, 1.165) is 0 Å². The summed E-state index contributed by atoms with van der Waals surface area (Å²) in [6.07, 6.45) is -0.566. The highest BCUT2D eigenvalue weighted by Gasteiger charge is 2.20. The fourth-order valence-electron chi connectivity index (χ4n) is 1.92. The van der Waals surface area contributed by atoms with Gasteiger partial charge in [-0.15, -0.1) is 0 Å². The van der Waals surface area contributed by atoms with Crippen molar-refractivity contribution in [1.29, 1.82) is 0 Å². The van der Waals surface area contributed by atoms with Crippen LogP contribution in [-0.2, 0) is 4.74 Å². The second-order valence-electron chi connectivity index (χ2n) is 4.93. The van der Waals surface area contributed by atoms with Gasteiger partial charge in [0.25, 0.3) is 5.91 Å². The number of benzene rings is 1. The van der Waals surface area contributed by atoms with Gasteiger partial charge in [0.05, 0.1) is 0 Å². The van der Waals surface area contributed by atoms with Crippen LogP contribution in [0.25, 0.3) is 0 Å². The molecule has 1 aromatic carbocycles. The third-order valence-electron chi connectivity index (χ3n) is 3.12. The molecule has 1 amide bonds. The van der Waals surface area contributed by atoms with Crippen molar-refractivity contribution in [1.82, 2.24) is 15.5 Å². The number of carbonyl (C=O) groups excluding carboxylic acids is 1. The fourth-order valence-corrected chi connectivity index (χ4v) is 1.92. The van der Waals surface area contributed by atoms with Crippen LogP contribution in [0.5, 0.6) is 0 Å². The molecular weight excluding hydrogens is 287 g/mol. The Morgan fingerprint density at radius 3 is 2.45 bits per heavy atom. The van der Waals surface area contributed by atoms with Crippen molar-refractivity contribution in [3.8, 4) is 0 Å². The van der Waals surface area contributed by atoms with Gasteiger partial charge in [-0.3, -0.25) is 4.79 Å². The lowest BCUT2D eigenvalue weighted by Crippen LogP contribution is -2.27. The van der Waals surface area contributed by atoms with Gasteiger partial charge in [0.15, 0.2) is 5.82 Å². The van der Waals surface area contributed by atoms with Crippen LogP contribution in [0.3, 0.4) is 0 Å². The fraction of sp³-hybridized carbons (Fsp3) is 0.400. The normalized spacial score (nSPS) is 13.0. The SMILES string of the molecule is CN/C(N)=C(\NC)O[C@H](C)c1cc(F)ccc1C(=O)N(C)C. The quantitative estimate of drug-likeness (QED) is 0.686. The van der Waals surface area contributed by atoms with Crippen LogP contribution in [0.2, 0.25) is 0 Å². The first-order valence-electron chi connectivity index (χ1n) is 6.84. The van der Waals surface area contributed by atoms with Gasteiger partial charge in [-0.2, -0.15) is 0 Å². The summed E-state index contributed by atoms with van der Waals surface area (Å²) in [6, 6.07) is 4.00. The largest absolute Gasteiger partial charge is 0.469 e. The summed E-state index contributed by atoms with van der Waals surface area (Å²) in [5.41, 5.74) is 6.60. The molecule has 0 unspecified atom stereocenters. The Hall–Kier alpha value is -2.44. The summed E-state index contributed by atoms with van der Waals surface area (Å²) < 4.78 is 19.3. The highest BCUT2D eigenvalue weighted by molar-refractivity contribution is 5.95. The molecule has 0 bridgehead atoms. The number of hydrogen-bond donors (Lipinski definition) is 3. The summed E-state index contributed by atoms with van der Waals surface area (Å²) in [5.74, 6) is -0.0203. The second kappa shape index (κ2) is 7.53. The molecule has 22 heavy (non-hydrogen) atoms. The van der Waals surface area contributed by atoms with Crippen LogP contribution in [0.4, 0.5) is 4.39 Å². The molecule has 122 valence electrons. The topological polar surface area (TPSA) is 79.6 Å². The van der Waals surface area contributed by atoms with Crippen LogP contribution in [0.15, 0.2) is 29.9 Å². The lowest BCUT2D eigenvalue weighted by Gasteiger charge is -2.22. The number of rotatable bonds is 6. The van der Waals surface area contributed by atoms with Crippen LogP contribution >= 0.6 is 0 Å². The van der Waals surface area contributed by atoms with E-state index < -0.39 is 11.9 Å². The highest BCUT2D eigenvalue weighted by Crippen LogP contribution is 2.25. The number of amides is 1. The summed E-state index contributed by atoms with van der Waals surface area (Å²) >= 11 is 0. The lowest BCUT2D eigenvalue weighted by molar-refractivity contribution is 0.0810. The smallest absolute Gasteiger partial charge is 0.253 e. The Balaban J connectivity index is 3.19. The second-order valence-corrected chi connectivity index (χ2v) is 4.93. The molecule has 0 saturated carbocycles. The van der Waals surface area contributed by atoms with E-state index in [1.54, 1.807) is 35.1 Å². The number of nitrogens with two attached hydrogens (primary N) is 1. The molecule has 7 heteroatoms. The zero-order valence-corrected chi connectivity index (χ0v) is 13.5. The zero-order chi connectivity index (χ0) is 16.9. The van der Waals surface area contributed by atoms with Crippen molar-refractivity contribution in [3.63, 3.8) is 0 Å². The van der Waals surface area contributed by atoms with Crippen LogP contribution in [-0.4, -0.2) is 39.0 Å². The van der Waals surface area contributed by atoms with Gasteiger partial charge in [0.2, 0.25) is 5.88 Å². The van der Waals surface area contributed by atoms with E-state index in [1.165, 1.54) is 23.1 Å². The number of ether oxygens (including phenoxy) is 1. The van der Waals surface area contributed by atoms with Crippen molar-refractivity contribution >= 4 is 5.91 Å². The maximum Gasteiger partial charge on any atom is 0.253 e. The Morgan fingerprint density at radius 2 is 1.95 bits per heavy atom. The first-order chi connectivity index (χ1) is 10.3. The third-order valence-corrected chi connectivity index (χ3v) is 3.12. The molecule has 1 rings (SSSR count). The molecule has 6 nitrogen and oxygen atoms in total. The Labute approximate surface area is 130 Å². The van der Waals surface area contributed by atoms with E-state index in [2.05, 4.69) is 10.6 Å². The minimum atomic E-state index is -0.566. The molecular formula is C15H23FN4O2. The molecule has 0 radical (unpaired) electrons. The molecule has 0 saturated heterocycles. The Bertz CT molecular complexity index is 573. The van der Waals surface area contributed by atoms with Crippen LogP contribution in [0.1, 0.15) is 28.9 Å². The number of halogens is 1. The van der Waals surface area contributed by atoms with E-state index in [1.807, 2.05) is 0 Å². The van der Waals surface area contributed by atoms with Gasteiger partial charge >= 0.3 is 0 Å². The molecule has 0 fully saturated rings. The summed E-state index contributed by atoms with van der Waals surface area (Å²) in [7, 11) is 6.59. The summed E-state index contributed by atoms with van der Waals surface area (Å²) in [4.78, 5) is 13.6. The van der Waals surface area contributed by atoms with Gasteiger partial charge in [-0.05, 0) is 25.1 Å². The minimum Gasteiger partial charge on any atom is -0.469 e. The maximum absolute atomic E-state index is 13.6. The van der Waals surface area contributed by atoms with Crippen molar-refractivity contribution in [3.05, 3.63) is 46.8 Å². The third kappa shape index (κ3) is 4.03. The molecule has 4 N–H and O–H groups in total. The molecule has 1 atom stereocenters. The summed E-state index contributed by atoms with van der Waals surface area (Å²) in [5, 5.41) is 5.58. The van der Waals surface area contributed by atoms with Gasteiger partial charge < -0.3 is 26.0 Å². The minimum absolute atomic E-state index is 0.220. The van der Waals surface area contributed by atoms with Crippen LogP contribution in [0, 0.1) is 5.82 Å². The number of carbonyl (C=O) groups is 1. The van der Waals surface area contributed by atoms with Crippen molar-refractivity contribution in [2.75, 3.05) is 28.2 Å². The Morgan fingerprint density at radius 1 is 1.32 bits per heavy atom. The van der Waals surface area contributed by atoms with E-state index in [-0.39, 0.29) is 5.91 Å². The van der Waals surface area contributed by atoms with Crippen LogP contribution < -0.4 is 16.4 Å². The van der Waals surface area contributed by atoms with E-state index >= 15 is 0 Å². The van der Waals surface area contributed by atoms with E-state index in [9.17, 15) is 9.18 Å². The standard InChI is InChI=1S/C15H23FN4O2/c1-9(22-14(19-3)13(17)18-2)12-8-10(16)6-7-11(12)15(21)20(4)5/h6-9,18-19H,17H2,1-5H3/b14-13+/t9-/m1/s1. The molecule has 0 aliphatic rings. The highest BCUT2D eigenvalue weighted by atomic mass is 19.1. The molecule has 0 spiro atoms. The van der Waals surface area contributed by atoms with Gasteiger partial charge in [0, 0.05) is 39.3 Å². The Kier molecular flexibility index (Phi) is 6.03. The van der Waals surface area contributed by atoms with E-state index in [0.29, 0.717) is 22.8 Å². The average Bonchev–Trinajstić information content (AvgIpc) is 2.50. The molecule has 1 aromatic rings. The molecule has 0 heterocycles. The first kappa shape index (κ1) is 17.6. The predicted molar refractivity (Wildman–Crippen MR) is 83.3 cm³/mol. The number of nitrogens with one attached hydrogen (secondary N) is 2. The van der Waals surface area contributed by atoms with E-state index in [4.69, 9.17) is 10.5 Å². The lowest BCUT2D eigenvalue weighted by atomic mass is 10.0. The molecule has 0 aromatic heterocycles. The predicted octanol–water partition coefficient (Wildman–Crippen LogP) is 1.13. The maximum atomic E-state index is 13.6. The van der Waals surface area contributed by atoms with Crippen molar-refractivity contribution in [2.24, 2.45) is 5.73 Å².